The van der Waals surface area contributed by atoms with Crippen molar-refractivity contribution in [2.45, 2.75) is 25.5 Å². The highest BCUT2D eigenvalue weighted by molar-refractivity contribution is 5.92. The predicted molar refractivity (Wildman–Crippen MR) is 125 cm³/mol. The molecule has 5 nitrogen and oxygen atoms in total. The Hall–Kier alpha value is -4.06. The number of benzene rings is 2. The number of pyridine rings is 2. The number of cyclic esters (lactones) is 1. The van der Waals surface area contributed by atoms with Crippen LogP contribution in [0.5, 0.6) is 0 Å². The molecule has 0 unspecified atom stereocenters. The summed E-state index contributed by atoms with van der Waals surface area (Å²) in [5, 5.41) is 0. The molecule has 0 saturated carbocycles. The Bertz CT molecular complexity index is 1290. The molecule has 6 heteroatoms. The van der Waals surface area contributed by atoms with Crippen molar-refractivity contribution in [1.82, 2.24) is 9.97 Å². The fourth-order valence-electron chi connectivity index (χ4n) is 4.33. The molecule has 1 aliphatic heterocycles. The van der Waals surface area contributed by atoms with Crippen molar-refractivity contribution in [3.05, 3.63) is 103 Å². The maximum atomic E-state index is 14.6. The number of nitrogens with zero attached hydrogens (tertiary/aromatic N) is 3. The largest absolute Gasteiger partial charge is 0.441 e. The Balaban J connectivity index is 1.51. The van der Waals surface area contributed by atoms with Crippen molar-refractivity contribution in [2.75, 3.05) is 4.90 Å². The number of hydrogen-bond acceptors (Lipinski definition) is 4. The van der Waals surface area contributed by atoms with E-state index in [1.165, 1.54) is 6.20 Å². The lowest BCUT2D eigenvalue weighted by Gasteiger charge is -2.29. The second-order valence-corrected chi connectivity index (χ2v) is 8.51. The molecule has 1 saturated heterocycles. The number of ether oxygens (including phenoxy) is 1. The van der Waals surface area contributed by atoms with E-state index in [1.54, 1.807) is 35.5 Å². The molecule has 0 spiro atoms. The van der Waals surface area contributed by atoms with Gasteiger partial charge in [-0.15, -0.1) is 0 Å². The standard InChI is InChI=1S/C27H22FN3O2/c1-27(2)24(19-7-4-3-5-8-19)31(26(32)33-27)22-12-10-18(11-13-22)23-15-21(17-30-25(23)28)20-9-6-14-29-16-20/h3-17,24H,1-2H3/t24-/m0/s1. The normalized spacial score (nSPS) is 17.1. The fourth-order valence-corrected chi connectivity index (χ4v) is 4.33. The summed E-state index contributed by atoms with van der Waals surface area (Å²) < 4.78 is 20.3. The van der Waals surface area contributed by atoms with Gasteiger partial charge >= 0.3 is 6.09 Å². The van der Waals surface area contributed by atoms with E-state index in [9.17, 15) is 9.18 Å². The van der Waals surface area contributed by atoms with Gasteiger partial charge in [0, 0.05) is 41.0 Å². The van der Waals surface area contributed by atoms with Gasteiger partial charge in [0.25, 0.3) is 0 Å². The van der Waals surface area contributed by atoms with Gasteiger partial charge in [-0.05, 0) is 49.2 Å². The minimum absolute atomic E-state index is 0.288. The van der Waals surface area contributed by atoms with Crippen LogP contribution in [0.1, 0.15) is 25.5 Å². The lowest BCUT2D eigenvalue weighted by molar-refractivity contribution is 0.0685. The van der Waals surface area contributed by atoms with Gasteiger partial charge in [0.15, 0.2) is 0 Å². The zero-order valence-electron chi connectivity index (χ0n) is 18.3. The van der Waals surface area contributed by atoms with Crippen molar-refractivity contribution in [2.24, 2.45) is 0 Å². The van der Waals surface area contributed by atoms with Gasteiger partial charge in [-0.2, -0.15) is 4.39 Å². The second-order valence-electron chi connectivity index (χ2n) is 8.51. The minimum Gasteiger partial charge on any atom is -0.441 e. The smallest absolute Gasteiger partial charge is 0.415 e. The number of rotatable bonds is 4. The lowest BCUT2D eigenvalue weighted by atomic mass is 9.91. The number of anilines is 1. The number of aromatic nitrogens is 2. The molecule has 0 bridgehead atoms. The van der Waals surface area contributed by atoms with Crippen LogP contribution in [0.25, 0.3) is 22.3 Å². The van der Waals surface area contributed by atoms with E-state index in [0.717, 1.165) is 16.7 Å². The highest BCUT2D eigenvalue weighted by atomic mass is 19.1. The topological polar surface area (TPSA) is 55.3 Å². The second kappa shape index (κ2) is 8.13. The monoisotopic (exact) mass is 439 g/mol. The number of hydrogen-bond donors (Lipinski definition) is 0. The summed E-state index contributed by atoms with van der Waals surface area (Å²) in [5.74, 6) is -0.556. The first-order valence-corrected chi connectivity index (χ1v) is 10.7. The van der Waals surface area contributed by atoms with E-state index >= 15 is 0 Å². The van der Waals surface area contributed by atoms with Crippen LogP contribution in [0.4, 0.5) is 14.9 Å². The molecule has 2 aromatic carbocycles. The summed E-state index contributed by atoms with van der Waals surface area (Å²) in [6, 6.07) is 22.2. The first-order chi connectivity index (χ1) is 15.9. The van der Waals surface area contributed by atoms with E-state index in [0.29, 0.717) is 16.8 Å². The molecule has 1 atom stereocenters. The van der Waals surface area contributed by atoms with Gasteiger partial charge in [-0.3, -0.25) is 9.88 Å². The number of carbonyl (C=O) groups is 1. The lowest BCUT2D eigenvalue weighted by Crippen LogP contribution is -2.33. The molecule has 1 aliphatic rings. The average molecular weight is 439 g/mol. The first kappa shape index (κ1) is 20.8. The Kier molecular flexibility index (Phi) is 5.13. The molecule has 3 heterocycles. The third-order valence-corrected chi connectivity index (χ3v) is 5.87. The van der Waals surface area contributed by atoms with E-state index in [4.69, 9.17) is 4.74 Å². The molecule has 1 fully saturated rings. The van der Waals surface area contributed by atoms with Crippen molar-refractivity contribution in [3.63, 3.8) is 0 Å². The van der Waals surface area contributed by atoms with Crippen molar-refractivity contribution in [1.29, 1.82) is 0 Å². The average Bonchev–Trinajstić information content (AvgIpc) is 3.08. The summed E-state index contributed by atoms with van der Waals surface area (Å²) in [7, 11) is 0. The van der Waals surface area contributed by atoms with Crippen LogP contribution in [0, 0.1) is 5.95 Å². The van der Waals surface area contributed by atoms with Crippen molar-refractivity contribution >= 4 is 11.8 Å². The summed E-state index contributed by atoms with van der Waals surface area (Å²) in [6.07, 6.45) is 4.49. The summed E-state index contributed by atoms with van der Waals surface area (Å²) in [6.45, 7) is 3.81. The fraction of sp³-hybridized carbons (Fsp3) is 0.148. The van der Waals surface area contributed by atoms with E-state index < -0.39 is 17.6 Å². The summed E-state index contributed by atoms with van der Waals surface area (Å²) in [5.41, 5.74) is 3.64. The van der Waals surface area contributed by atoms with E-state index in [2.05, 4.69) is 9.97 Å². The molecule has 5 rings (SSSR count). The molecule has 0 radical (unpaired) electrons. The number of amides is 1. The SMILES string of the molecule is CC1(C)OC(=O)N(c2ccc(-c3cc(-c4cccnc4)cnc3F)cc2)[C@H]1c1ccccc1. The van der Waals surface area contributed by atoms with Crippen LogP contribution in [0.15, 0.2) is 91.4 Å². The van der Waals surface area contributed by atoms with Gasteiger partial charge in [-0.1, -0.05) is 48.5 Å². The van der Waals surface area contributed by atoms with Crippen LogP contribution in [-0.4, -0.2) is 21.7 Å². The third kappa shape index (κ3) is 3.84. The minimum atomic E-state index is -0.703. The van der Waals surface area contributed by atoms with Crippen LogP contribution in [0.2, 0.25) is 0 Å². The van der Waals surface area contributed by atoms with Gasteiger partial charge in [0.1, 0.15) is 11.6 Å². The van der Waals surface area contributed by atoms with E-state index in [1.807, 2.05) is 68.4 Å². The number of halogens is 1. The Morgan fingerprint density at radius 1 is 0.909 bits per heavy atom. The van der Waals surface area contributed by atoms with Crippen LogP contribution in [-0.2, 0) is 4.74 Å². The van der Waals surface area contributed by atoms with Crippen LogP contribution in [0.3, 0.4) is 0 Å². The van der Waals surface area contributed by atoms with Gasteiger partial charge in [0.2, 0.25) is 5.95 Å². The molecular formula is C27H22FN3O2. The molecule has 1 amide bonds. The zero-order chi connectivity index (χ0) is 23.0. The van der Waals surface area contributed by atoms with Crippen LogP contribution < -0.4 is 4.90 Å². The highest BCUT2D eigenvalue weighted by Crippen LogP contribution is 2.44. The van der Waals surface area contributed by atoms with Crippen LogP contribution >= 0.6 is 0 Å². The predicted octanol–water partition coefficient (Wildman–Crippen LogP) is 6.43. The Morgan fingerprint density at radius 3 is 2.36 bits per heavy atom. The molecule has 4 aromatic rings. The van der Waals surface area contributed by atoms with Gasteiger partial charge < -0.3 is 4.74 Å². The van der Waals surface area contributed by atoms with Crippen molar-refractivity contribution < 1.29 is 13.9 Å². The Morgan fingerprint density at radius 2 is 1.67 bits per heavy atom. The number of carbonyl (C=O) groups excluding carboxylic acids is 1. The third-order valence-electron chi connectivity index (χ3n) is 5.87. The Labute approximate surface area is 191 Å². The molecular weight excluding hydrogens is 417 g/mol. The maximum Gasteiger partial charge on any atom is 0.415 e. The maximum absolute atomic E-state index is 14.6. The molecule has 0 N–H and O–H groups in total. The highest BCUT2D eigenvalue weighted by Gasteiger charge is 2.49. The van der Waals surface area contributed by atoms with Gasteiger partial charge in [0.05, 0.1) is 0 Å². The van der Waals surface area contributed by atoms with Crippen molar-refractivity contribution in [3.8, 4) is 22.3 Å². The first-order valence-electron chi connectivity index (χ1n) is 10.7. The molecule has 2 aromatic heterocycles. The summed E-state index contributed by atoms with van der Waals surface area (Å²) in [4.78, 5) is 22.5. The van der Waals surface area contributed by atoms with E-state index in [-0.39, 0.29) is 6.04 Å². The zero-order valence-corrected chi connectivity index (χ0v) is 18.3. The molecule has 164 valence electrons. The summed E-state index contributed by atoms with van der Waals surface area (Å²) >= 11 is 0. The molecule has 0 aliphatic carbocycles. The molecule has 33 heavy (non-hydrogen) atoms. The quantitative estimate of drug-likeness (QED) is 0.344. The van der Waals surface area contributed by atoms with Gasteiger partial charge in [-0.25, -0.2) is 9.78 Å².